The highest BCUT2D eigenvalue weighted by atomic mass is 35.5. The Balaban J connectivity index is 1.82. The Kier molecular flexibility index (Phi) is 8.02. The second-order valence-electron chi connectivity index (χ2n) is 7.44. The number of benzene rings is 2. The van der Waals surface area contributed by atoms with Crippen molar-refractivity contribution in [1.29, 1.82) is 0 Å². The summed E-state index contributed by atoms with van der Waals surface area (Å²) < 4.78 is 4.80. The van der Waals surface area contributed by atoms with E-state index in [4.69, 9.17) is 16.3 Å². The maximum absolute atomic E-state index is 12.7. The molecular formula is C23H25ClN4O5. The van der Waals surface area contributed by atoms with Gasteiger partial charge in [-0.3, -0.25) is 14.9 Å². The van der Waals surface area contributed by atoms with Crippen molar-refractivity contribution < 1.29 is 19.2 Å². The molecule has 0 atom stereocenters. The number of piperazine rings is 1. The van der Waals surface area contributed by atoms with Crippen LogP contribution in [0, 0.1) is 10.1 Å². The van der Waals surface area contributed by atoms with Crippen molar-refractivity contribution in [2.75, 3.05) is 50.1 Å². The first-order valence-electron chi connectivity index (χ1n) is 10.4. The van der Waals surface area contributed by atoms with E-state index in [0.717, 1.165) is 38.4 Å². The first-order valence-corrected chi connectivity index (χ1v) is 10.8. The molecule has 0 aromatic heterocycles. The largest absolute Gasteiger partial charge is 0.465 e. The highest BCUT2D eigenvalue weighted by Crippen LogP contribution is 2.29. The van der Waals surface area contributed by atoms with Crippen LogP contribution >= 0.6 is 11.6 Å². The number of nitrogens with zero attached hydrogens (tertiary/aromatic N) is 3. The van der Waals surface area contributed by atoms with Crippen LogP contribution in [0.4, 0.5) is 17.1 Å². The normalized spacial score (nSPS) is 14.3. The Morgan fingerprint density at radius 3 is 2.55 bits per heavy atom. The minimum atomic E-state index is -0.581. The zero-order valence-electron chi connectivity index (χ0n) is 18.4. The molecule has 33 heavy (non-hydrogen) atoms. The van der Waals surface area contributed by atoms with Crippen LogP contribution in [-0.2, 0) is 9.53 Å². The minimum absolute atomic E-state index is 0.0223. The maximum atomic E-state index is 12.7. The molecule has 0 radical (unpaired) electrons. The van der Waals surface area contributed by atoms with Crippen molar-refractivity contribution in [3.05, 3.63) is 68.7 Å². The maximum Gasteiger partial charge on any atom is 0.337 e. The van der Waals surface area contributed by atoms with Gasteiger partial charge in [-0.25, -0.2) is 4.79 Å². The zero-order valence-corrected chi connectivity index (χ0v) is 19.2. The Morgan fingerprint density at radius 1 is 1.18 bits per heavy atom. The molecule has 0 unspecified atom stereocenters. The monoisotopic (exact) mass is 472 g/mol. The van der Waals surface area contributed by atoms with Gasteiger partial charge in [-0.2, -0.15) is 0 Å². The van der Waals surface area contributed by atoms with Gasteiger partial charge in [-0.15, -0.1) is 0 Å². The van der Waals surface area contributed by atoms with E-state index in [-0.39, 0.29) is 10.7 Å². The zero-order chi connectivity index (χ0) is 24.0. The van der Waals surface area contributed by atoms with E-state index >= 15 is 0 Å². The molecule has 10 heteroatoms. The molecule has 0 spiro atoms. The van der Waals surface area contributed by atoms with E-state index in [1.807, 2.05) is 0 Å². The quantitative estimate of drug-likeness (QED) is 0.282. The van der Waals surface area contributed by atoms with E-state index in [1.165, 1.54) is 31.4 Å². The summed E-state index contributed by atoms with van der Waals surface area (Å²) in [5, 5.41) is 13.9. The van der Waals surface area contributed by atoms with Crippen LogP contribution in [0.5, 0.6) is 0 Å². The molecule has 0 bridgehead atoms. The van der Waals surface area contributed by atoms with Crippen LogP contribution in [0.2, 0.25) is 5.02 Å². The lowest BCUT2D eigenvalue weighted by atomic mass is 10.1. The molecular weight excluding hydrogens is 448 g/mol. The molecule has 1 fully saturated rings. The number of ether oxygens (including phenoxy) is 1. The number of methoxy groups -OCH3 is 1. The van der Waals surface area contributed by atoms with Crippen molar-refractivity contribution in [2.24, 2.45) is 0 Å². The molecule has 1 N–H and O–H groups in total. The molecule has 1 aliphatic rings. The predicted molar refractivity (Wildman–Crippen MR) is 128 cm³/mol. The van der Waals surface area contributed by atoms with Gasteiger partial charge in [-0.05, 0) is 42.4 Å². The predicted octanol–water partition coefficient (Wildman–Crippen LogP) is 3.83. The lowest BCUT2D eigenvalue weighted by molar-refractivity contribution is -0.384. The van der Waals surface area contributed by atoms with Crippen molar-refractivity contribution in [3.8, 4) is 0 Å². The van der Waals surface area contributed by atoms with E-state index in [0.29, 0.717) is 16.8 Å². The van der Waals surface area contributed by atoms with E-state index < -0.39 is 16.8 Å². The second kappa shape index (κ2) is 10.9. The summed E-state index contributed by atoms with van der Waals surface area (Å²) in [6.45, 7) is 6.48. The van der Waals surface area contributed by atoms with Crippen molar-refractivity contribution >= 4 is 46.6 Å². The van der Waals surface area contributed by atoms with Crippen LogP contribution < -0.4 is 10.2 Å². The lowest BCUT2D eigenvalue weighted by Gasteiger charge is -2.36. The first kappa shape index (κ1) is 24.2. The van der Waals surface area contributed by atoms with Gasteiger partial charge in [0.05, 0.1) is 29.0 Å². The van der Waals surface area contributed by atoms with Crippen molar-refractivity contribution in [1.82, 2.24) is 4.90 Å². The molecule has 174 valence electrons. The third kappa shape index (κ3) is 6.09. The SMILES string of the molecule is CCN1CCN(c2ccc(C(=O)OC)cc2NC(=O)C=Cc2ccc(Cl)c([N+](=O)[O-])c2)CC1. The molecule has 1 amide bonds. The minimum Gasteiger partial charge on any atom is -0.465 e. The molecule has 0 aliphatic carbocycles. The molecule has 0 saturated carbocycles. The molecule has 3 rings (SSSR count). The molecule has 2 aromatic rings. The number of anilines is 2. The van der Waals surface area contributed by atoms with Crippen LogP contribution in [0.25, 0.3) is 6.08 Å². The van der Waals surface area contributed by atoms with Crippen molar-refractivity contribution in [2.45, 2.75) is 6.92 Å². The van der Waals surface area contributed by atoms with Crippen LogP contribution in [0.1, 0.15) is 22.8 Å². The number of carbonyl (C=O) groups is 2. The van der Waals surface area contributed by atoms with E-state index in [9.17, 15) is 19.7 Å². The molecule has 9 nitrogen and oxygen atoms in total. The van der Waals surface area contributed by atoms with E-state index in [1.54, 1.807) is 24.3 Å². The van der Waals surface area contributed by atoms with Gasteiger partial charge in [0.1, 0.15) is 5.02 Å². The summed E-state index contributed by atoms with van der Waals surface area (Å²) >= 11 is 5.83. The molecule has 1 heterocycles. The first-order chi connectivity index (χ1) is 15.8. The van der Waals surface area contributed by atoms with Crippen LogP contribution in [0.3, 0.4) is 0 Å². The molecule has 1 saturated heterocycles. The number of halogens is 1. The molecule has 1 aliphatic heterocycles. The third-order valence-electron chi connectivity index (χ3n) is 5.43. The summed E-state index contributed by atoms with van der Waals surface area (Å²) in [5.74, 6) is -0.945. The van der Waals surface area contributed by atoms with Gasteiger partial charge < -0.3 is 19.9 Å². The fourth-order valence-corrected chi connectivity index (χ4v) is 3.77. The van der Waals surface area contributed by atoms with Crippen LogP contribution in [-0.4, -0.2) is 61.5 Å². The average Bonchev–Trinajstić information content (AvgIpc) is 2.83. The number of amides is 1. The fourth-order valence-electron chi connectivity index (χ4n) is 3.58. The molecule has 2 aromatic carbocycles. The number of nitro groups is 1. The Bertz CT molecular complexity index is 1080. The summed E-state index contributed by atoms with van der Waals surface area (Å²) in [5.41, 5.74) is 1.84. The number of hydrogen-bond donors (Lipinski definition) is 1. The summed E-state index contributed by atoms with van der Waals surface area (Å²) in [4.78, 5) is 39.7. The smallest absolute Gasteiger partial charge is 0.337 e. The number of likely N-dealkylation sites (N-methyl/N-ethyl adjacent to an activating group) is 1. The number of nitro benzene ring substituents is 1. The van der Waals surface area contributed by atoms with Gasteiger partial charge in [0.25, 0.3) is 5.69 Å². The lowest BCUT2D eigenvalue weighted by Crippen LogP contribution is -2.46. The number of hydrogen-bond acceptors (Lipinski definition) is 7. The Labute approximate surface area is 196 Å². The van der Waals surface area contributed by atoms with Gasteiger partial charge in [0, 0.05) is 38.3 Å². The summed E-state index contributed by atoms with van der Waals surface area (Å²) in [6.07, 6.45) is 2.74. The number of nitrogens with one attached hydrogen (secondary N) is 1. The highest BCUT2D eigenvalue weighted by molar-refractivity contribution is 6.32. The van der Waals surface area contributed by atoms with Crippen molar-refractivity contribution in [3.63, 3.8) is 0 Å². The van der Waals surface area contributed by atoms with Gasteiger partial charge in [0.15, 0.2) is 0 Å². The fraction of sp³-hybridized carbons (Fsp3) is 0.304. The highest BCUT2D eigenvalue weighted by Gasteiger charge is 2.20. The number of carbonyl (C=O) groups excluding carboxylic acids is 2. The van der Waals surface area contributed by atoms with Gasteiger partial charge in [0.2, 0.25) is 5.91 Å². The number of esters is 1. The standard InChI is InChI=1S/C23H25ClN4O5/c1-3-26-10-12-27(13-11-26)20-8-6-17(23(30)33-2)15-19(20)25-22(29)9-5-16-4-7-18(24)21(14-16)28(31)32/h4-9,14-15H,3,10-13H2,1-2H3,(H,25,29). The summed E-state index contributed by atoms with van der Waals surface area (Å²) in [7, 11) is 1.30. The van der Waals surface area contributed by atoms with Gasteiger partial charge in [-0.1, -0.05) is 24.6 Å². The topological polar surface area (TPSA) is 105 Å². The van der Waals surface area contributed by atoms with Crippen LogP contribution in [0.15, 0.2) is 42.5 Å². The summed E-state index contributed by atoms with van der Waals surface area (Å²) in [6, 6.07) is 9.34. The Morgan fingerprint density at radius 2 is 1.91 bits per heavy atom. The van der Waals surface area contributed by atoms with Gasteiger partial charge >= 0.3 is 5.97 Å². The number of rotatable bonds is 7. The average molecular weight is 473 g/mol. The second-order valence-corrected chi connectivity index (χ2v) is 7.84. The Hall–Kier alpha value is -3.43. The van der Waals surface area contributed by atoms with E-state index in [2.05, 4.69) is 22.0 Å². The third-order valence-corrected chi connectivity index (χ3v) is 5.75.